The zero-order valence-corrected chi connectivity index (χ0v) is 19.7. The van der Waals surface area contributed by atoms with Crippen LogP contribution in [0.1, 0.15) is 22.2 Å². The van der Waals surface area contributed by atoms with Crippen molar-refractivity contribution in [1.29, 1.82) is 0 Å². The Bertz CT molecular complexity index is 1300. The summed E-state index contributed by atoms with van der Waals surface area (Å²) in [6.45, 7) is 0.443. The summed E-state index contributed by atoms with van der Waals surface area (Å²) in [5.74, 6) is 0.945. The number of nitrogens with one attached hydrogen (secondary N) is 1. The van der Waals surface area contributed by atoms with Gasteiger partial charge in [0.2, 0.25) is 0 Å². The molecule has 0 fully saturated rings. The van der Waals surface area contributed by atoms with Crippen LogP contribution < -0.4 is 14.8 Å². The molecule has 8 heteroatoms. The molecule has 6 nitrogen and oxygen atoms in total. The van der Waals surface area contributed by atoms with Gasteiger partial charge < -0.3 is 24.3 Å². The van der Waals surface area contributed by atoms with Crippen molar-refractivity contribution in [3.05, 3.63) is 93.4 Å². The van der Waals surface area contributed by atoms with Crippen molar-refractivity contribution in [3.8, 4) is 17.2 Å². The lowest BCUT2D eigenvalue weighted by Crippen LogP contribution is -2.37. The van der Waals surface area contributed by atoms with E-state index in [1.165, 1.54) is 7.11 Å². The minimum absolute atomic E-state index is 0.252. The van der Waals surface area contributed by atoms with Crippen molar-refractivity contribution in [2.75, 3.05) is 19.5 Å². The summed E-state index contributed by atoms with van der Waals surface area (Å²) in [6, 6.07) is 19.1. The van der Waals surface area contributed by atoms with Gasteiger partial charge in [-0.15, -0.1) is 11.3 Å². The summed E-state index contributed by atoms with van der Waals surface area (Å²) in [4.78, 5) is 16.7. The van der Waals surface area contributed by atoms with Gasteiger partial charge in [-0.25, -0.2) is 4.79 Å². The fourth-order valence-corrected chi connectivity index (χ4v) is 5.32. The Morgan fingerprint density at radius 2 is 1.88 bits per heavy atom. The van der Waals surface area contributed by atoms with E-state index in [0.717, 1.165) is 21.8 Å². The number of hydrogen-bond acceptors (Lipinski definition) is 4. The van der Waals surface area contributed by atoms with E-state index in [2.05, 4.69) is 34.1 Å². The Labute approximate surface area is 200 Å². The van der Waals surface area contributed by atoms with Crippen LogP contribution in [-0.4, -0.2) is 29.7 Å². The van der Waals surface area contributed by atoms with E-state index in [-0.39, 0.29) is 12.1 Å². The maximum Gasteiger partial charge on any atom is 0.323 e. The standard InChI is InChI=1S/C25H22ClN3O3S/c1-31-21-14-22(32-2)18(13-17(21)26)27-25(30)29-15-16-7-3-4-8-19(16)28-11-5-9-20(28)24(29)23-10-6-12-33-23/h3-14,24H,15H2,1-2H3,(H,27,30). The molecular weight excluding hydrogens is 458 g/mol. The van der Waals surface area contributed by atoms with Crippen molar-refractivity contribution in [3.63, 3.8) is 0 Å². The van der Waals surface area contributed by atoms with Crippen molar-refractivity contribution in [2.45, 2.75) is 12.6 Å². The molecule has 0 aliphatic carbocycles. The topological polar surface area (TPSA) is 55.7 Å². The van der Waals surface area contributed by atoms with Crippen LogP contribution in [-0.2, 0) is 6.54 Å². The highest BCUT2D eigenvalue weighted by Gasteiger charge is 2.34. The van der Waals surface area contributed by atoms with Gasteiger partial charge in [-0.1, -0.05) is 35.9 Å². The number of hydrogen-bond donors (Lipinski definition) is 1. The smallest absolute Gasteiger partial charge is 0.323 e. The first kappa shape index (κ1) is 21.4. The van der Waals surface area contributed by atoms with Gasteiger partial charge >= 0.3 is 6.03 Å². The normalized spacial score (nSPS) is 14.8. The molecule has 0 spiro atoms. The molecule has 1 unspecified atom stereocenters. The Morgan fingerprint density at radius 1 is 1.06 bits per heavy atom. The zero-order valence-electron chi connectivity index (χ0n) is 18.1. The van der Waals surface area contributed by atoms with E-state index in [1.54, 1.807) is 30.6 Å². The molecule has 2 aromatic carbocycles. The number of fused-ring (bicyclic) bond motifs is 3. The highest BCUT2D eigenvalue weighted by atomic mass is 35.5. The Kier molecular flexibility index (Phi) is 5.74. The van der Waals surface area contributed by atoms with Gasteiger partial charge in [-0.3, -0.25) is 0 Å². The molecule has 1 atom stereocenters. The number of carbonyl (C=O) groups is 1. The number of anilines is 1. The van der Waals surface area contributed by atoms with E-state index in [4.69, 9.17) is 21.1 Å². The summed E-state index contributed by atoms with van der Waals surface area (Å²) < 4.78 is 12.9. The predicted molar refractivity (Wildman–Crippen MR) is 131 cm³/mol. The molecule has 4 aromatic rings. The number of halogens is 1. The molecule has 33 heavy (non-hydrogen) atoms. The molecule has 0 saturated carbocycles. The molecule has 1 N–H and O–H groups in total. The third-order valence-electron chi connectivity index (χ3n) is 5.75. The third kappa shape index (κ3) is 3.83. The number of ether oxygens (including phenoxy) is 2. The Morgan fingerprint density at radius 3 is 2.64 bits per heavy atom. The first-order valence-electron chi connectivity index (χ1n) is 10.4. The molecule has 2 amide bonds. The SMILES string of the molecule is COc1cc(OC)c(NC(=O)N2Cc3ccccc3-n3cccc3C2c2cccs2)cc1Cl. The number of urea groups is 1. The van der Waals surface area contributed by atoms with Crippen LogP contribution in [0, 0.1) is 0 Å². The highest BCUT2D eigenvalue weighted by molar-refractivity contribution is 7.10. The van der Waals surface area contributed by atoms with Gasteiger partial charge in [0.05, 0.1) is 42.9 Å². The van der Waals surface area contributed by atoms with Crippen molar-refractivity contribution < 1.29 is 14.3 Å². The van der Waals surface area contributed by atoms with Gasteiger partial charge in [0.1, 0.15) is 17.5 Å². The molecule has 1 aliphatic rings. The van der Waals surface area contributed by atoms with Crippen LogP contribution in [0.5, 0.6) is 11.5 Å². The second-order valence-electron chi connectivity index (χ2n) is 7.59. The van der Waals surface area contributed by atoms with Crippen LogP contribution in [0.3, 0.4) is 0 Å². The van der Waals surface area contributed by atoms with Crippen LogP contribution >= 0.6 is 22.9 Å². The Balaban J connectivity index is 1.59. The van der Waals surface area contributed by atoms with E-state index < -0.39 is 0 Å². The second kappa shape index (κ2) is 8.84. The van der Waals surface area contributed by atoms with Gasteiger partial charge in [0.25, 0.3) is 0 Å². The number of rotatable bonds is 4. The van der Waals surface area contributed by atoms with Crippen LogP contribution in [0.25, 0.3) is 5.69 Å². The number of carbonyl (C=O) groups excluding carboxylic acids is 1. The molecule has 1 aliphatic heterocycles. The molecule has 5 rings (SSSR count). The zero-order chi connectivity index (χ0) is 22.9. The summed E-state index contributed by atoms with van der Waals surface area (Å²) in [7, 11) is 3.08. The fourth-order valence-electron chi connectivity index (χ4n) is 4.23. The second-order valence-corrected chi connectivity index (χ2v) is 8.98. The summed E-state index contributed by atoms with van der Waals surface area (Å²) in [6.07, 6.45) is 2.04. The summed E-state index contributed by atoms with van der Waals surface area (Å²) >= 11 is 7.97. The molecule has 0 saturated heterocycles. The van der Waals surface area contributed by atoms with Crippen LogP contribution in [0.2, 0.25) is 5.02 Å². The van der Waals surface area contributed by atoms with Crippen molar-refractivity contribution in [1.82, 2.24) is 9.47 Å². The number of thiophene rings is 1. The average molecular weight is 480 g/mol. The largest absolute Gasteiger partial charge is 0.495 e. The number of methoxy groups -OCH3 is 2. The van der Waals surface area contributed by atoms with E-state index in [1.807, 2.05) is 40.7 Å². The average Bonchev–Trinajstić information content (AvgIpc) is 3.50. The number of benzene rings is 2. The van der Waals surface area contributed by atoms with Gasteiger partial charge in [-0.05, 0) is 41.3 Å². The number of nitrogens with zero attached hydrogens (tertiary/aromatic N) is 2. The summed E-state index contributed by atoms with van der Waals surface area (Å²) in [5.41, 5.74) is 3.63. The third-order valence-corrected chi connectivity index (χ3v) is 6.97. The first-order chi connectivity index (χ1) is 16.1. The highest BCUT2D eigenvalue weighted by Crippen LogP contribution is 2.40. The number of aromatic nitrogens is 1. The van der Waals surface area contributed by atoms with E-state index in [0.29, 0.717) is 28.8 Å². The van der Waals surface area contributed by atoms with E-state index in [9.17, 15) is 4.79 Å². The van der Waals surface area contributed by atoms with Gasteiger partial charge in [-0.2, -0.15) is 0 Å². The summed E-state index contributed by atoms with van der Waals surface area (Å²) in [5, 5.41) is 5.43. The monoisotopic (exact) mass is 479 g/mol. The molecule has 0 bridgehead atoms. The van der Waals surface area contributed by atoms with Crippen molar-refractivity contribution >= 4 is 34.7 Å². The maximum atomic E-state index is 13.8. The Hall–Kier alpha value is -3.42. The van der Waals surface area contributed by atoms with Crippen molar-refractivity contribution in [2.24, 2.45) is 0 Å². The maximum absolute atomic E-state index is 13.8. The van der Waals surface area contributed by atoms with Gasteiger partial charge in [0.15, 0.2) is 0 Å². The van der Waals surface area contributed by atoms with E-state index >= 15 is 0 Å². The molecule has 168 valence electrons. The molecule has 0 radical (unpaired) electrons. The lowest BCUT2D eigenvalue weighted by atomic mass is 10.1. The number of para-hydroxylation sites is 1. The van der Waals surface area contributed by atoms with Crippen LogP contribution in [0.15, 0.2) is 72.2 Å². The predicted octanol–water partition coefficient (Wildman–Crippen LogP) is 6.35. The molecule has 2 aromatic heterocycles. The fraction of sp³-hybridized carbons (Fsp3) is 0.160. The first-order valence-corrected chi connectivity index (χ1v) is 11.6. The number of amides is 2. The van der Waals surface area contributed by atoms with Gasteiger partial charge in [0, 0.05) is 17.1 Å². The lowest BCUT2D eigenvalue weighted by molar-refractivity contribution is 0.195. The minimum Gasteiger partial charge on any atom is -0.495 e. The quantitative estimate of drug-likeness (QED) is 0.371. The molecule has 3 heterocycles. The minimum atomic E-state index is -0.257. The lowest BCUT2D eigenvalue weighted by Gasteiger charge is -2.30. The molecular formula is C25H22ClN3O3S. The van der Waals surface area contributed by atoms with Crippen LogP contribution in [0.4, 0.5) is 10.5 Å².